The zero-order valence-electron chi connectivity index (χ0n) is 11.9. The first kappa shape index (κ1) is 15.3. The molecule has 0 saturated carbocycles. The highest BCUT2D eigenvalue weighted by molar-refractivity contribution is 7.85. The molecule has 0 unspecified atom stereocenters. The zero-order chi connectivity index (χ0) is 16.4. The molecular weight excluding hydrogens is 318 g/mol. The predicted octanol–water partition coefficient (Wildman–Crippen LogP) is 3.07. The van der Waals surface area contributed by atoms with Gasteiger partial charge in [-0.05, 0) is 23.8 Å². The van der Waals surface area contributed by atoms with Crippen molar-refractivity contribution in [2.45, 2.75) is 11.5 Å². The van der Waals surface area contributed by atoms with Gasteiger partial charge in [0.25, 0.3) is 10.1 Å². The summed E-state index contributed by atoms with van der Waals surface area (Å²) in [6, 6.07) is 14.9. The molecule has 118 valence electrons. The van der Waals surface area contributed by atoms with Gasteiger partial charge in [-0.25, -0.2) is 4.79 Å². The molecule has 0 saturated heterocycles. The minimum atomic E-state index is -4.34. The smallest absolute Gasteiger partial charge is 0.418 e. The lowest BCUT2D eigenvalue weighted by Gasteiger charge is -2.07. The molecule has 1 heterocycles. The van der Waals surface area contributed by atoms with E-state index in [-0.39, 0.29) is 11.5 Å². The average molecular weight is 331 g/mol. The number of benzene rings is 2. The number of ether oxygens (including phenoxy) is 1. The molecule has 0 radical (unpaired) electrons. The van der Waals surface area contributed by atoms with Crippen LogP contribution in [0.15, 0.2) is 65.7 Å². The van der Waals surface area contributed by atoms with Gasteiger partial charge in [0.05, 0.1) is 10.4 Å². The molecule has 3 aromatic rings. The van der Waals surface area contributed by atoms with E-state index in [2.05, 4.69) is 0 Å². The summed E-state index contributed by atoms with van der Waals surface area (Å²) in [5.74, 6) is 0. The van der Waals surface area contributed by atoms with Crippen molar-refractivity contribution >= 4 is 27.1 Å². The topological polar surface area (TPSA) is 85.6 Å². The zero-order valence-corrected chi connectivity index (χ0v) is 12.7. The van der Waals surface area contributed by atoms with Crippen LogP contribution in [0.1, 0.15) is 5.56 Å². The molecule has 0 bridgehead atoms. The molecule has 1 N–H and O–H groups in total. The van der Waals surface area contributed by atoms with Crippen molar-refractivity contribution in [1.82, 2.24) is 4.57 Å². The molecule has 7 heteroatoms. The molecule has 1 aromatic heterocycles. The molecule has 0 amide bonds. The van der Waals surface area contributed by atoms with Crippen molar-refractivity contribution in [3.8, 4) is 0 Å². The van der Waals surface area contributed by atoms with Crippen LogP contribution < -0.4 is 0 Å². The molecule has 0 fully saturated rings. The van der Waals surface area contributed by atoms with Crippen LogP contribution in [0.5, 0.6) is 0 Å². The van der Waals surface area contributed by atoms with Gasteiger partial charge in [-0.3, -0.25) is 9.12 Å². The Morgan fingerprint density at radius 2 is 1.83 bits per heavy atom. The SMILES string of the molecule is O=C(OCc1ccccc1)n1ccc2ccc(S(=O)(=O)O)cc21. The van der Waals surface area contributed by atoms with E-state index in [1.165, 1.54) is 29.0 Å². The minimum absolute atomic E-state index is 0.108. The number of nitrogens with zero attached hydrogens (tertiary/aromatic N) is 1. The summed E-state index contributed by atoms with van der Waals surface area (Å²) in [7, 11) is -4.34. The molecule has 2 aromatic carbocycles. The lowest BCUT2D eigenvalue weighted by molar-refractivity contribution is 0.142. The summed E-state index contributed by atoms with van der Waals surface area (Å²) in [4.78, 5) is 11.9. The van der Waals surface area contributed by atoms with E-state index in [9.17, 15) is 13.2 Å². The Balaban J connectivity index is 1.88. The second-order valence-corrected chi connectivity index (χ2v) is 6.34. The van der Waals surface area contributed by atoms with Gasteiger partial charge in [-0.2, -0.15) is 8.42 Å². The van der Waals surface area contributed by atoms with Crippen molar-refractivity contribution in [3.05, 3.63) is 66.4 Å². The standard InChI is InChI=1S/C16H13NO5S/c18-16(22-11-12-4-2-1-3-5-12)17-9-8-13-6-7-14(10-15(13)17)23(19,20)21/h1-10H,11H2,(H,19,20,21). The van der Waals surface area contributed by atoms with Crippen LogP contribution in [0.4, 0.5) is 4.79 Å². The number of hydrogen-bond acceptors (Lipinski definition) is 4. The Morgan fingerprint density at radius 3 is 2.52 bits per heavy atom. The van der Waals surface area contributed by atoms with Crippen LogP contribution in [-0.4, -0.2) is 23.6 Å². The molecule has 23 heavy (non-hydrogen) atoms. The number of aromatic nitrogens is 1. The van der Waals surface area contributed by atoms with Gasteiger partial charge in [-0.1, -0.05) is 36.4 Å². The fourth-order valence-corrected chi connectivity index (χ4v) is 2.72. The second-order valence-electron chi connectivity index (χ2n) is 4.92. The van der Waals surface area contributed by atoms with Crippen molar-refractivity contribution < 1.29 is 22.5 Å². The maximum Gasteiger partial charge on any atom is 0.418 e. The fourth-order valence-electron chi connectivity index (χ4n) is 2.22. The maximum absolute atomic E-state index is 12.2. The Kier molecular flexibility index (Phi) is 3.89. The monoisotopic (exact) mass is 331 g/mol. The molecule has 0 aliphatic rings. The lowest BCUT2D eigenvalue weighted by atomic mass is 10.2. The second kappa shape index (κ2) is 5.86. The van der Waals surface area contributed by atoms with Crippen molar-refractivity contribution in [3.63, 3.8) is 0 Å². The third-order valence-electron chi connectivity index (χ3n) is 3.36. The van der Waals surface area contributed by atoms with Crippen LogP contribution in [0, 0.1) is 0 Å². The summed E-state index contributed by atoms with van der Waals surface area (Å²) in [6.45, 7) is 0.108. The molecule has 3 rings (SSSR count). The van der Waals surface area contributed by atoms with E-state index in [0.29, 0.717) is 10.9 Å². The Hall–Kier alpha value is -2.64. The summed E-state index contributed by atoms with van der Waals surface area (Å²) in [5, 5.41) is 0.661. The summed E-state index contributed by atoms with van der Waals surface area (Å²) < 4.78 is 38.0. The van der Waals surface area contributed by atoms with E-state index >= 15 is 0 Å². The molecule has 0 aliphatic heterocycles. The number of fused-ring (bicyclic) bond motifs is 1. The van der Waals surface area contributed by atoms with Crippen LogP contribution in [-0.2, 0) is 21.5 Å². The van der Waals surface area contributed by atoms with Crippen molar-refractivity contribution in [1.29, 1.82) is 0 Å². The fraction of sp³-hybridized carbons (Fsp3) is 0.0625. The van der Waals surface area contributed by atoms with Gasteiger partial charge in [-0.15, -0.1) is 0 Å². The molecule has 0 spiro atoms. The van der Waals surface area contributed by atoms with Gasteiger partial charge >= 0.3 is 6.09 Å². The highest BCUT2D eigenvalue weighted by atomic mass is 32.2. The summed E-state index contributed by atoms with van der Waals surface area (Å²) in [6.07, 6.45) is 0.863. The van der Waals surface area contributed by atoms with Crippen molar-refractivity contribution in [2.24, 2.45) is 0 Å². The Labute approximate surface area is 132 Å². The van der Waals surface area contributed by atoms with Gasteiger partial charge in [0.2, 0.25) is 0 Å². The third kappa shape index (κ3) is 3.25. The first-order valence-electron chi connectivity index (χ1n) is 6.75. The van der Waals surface area contributed by atoms with Gasteiger partial charge < -0.3 is 4.74 Å². The Bertz CT molecular complexity index is 961. The Morgan fingerprint density at radius 1 is 1.09 bits per heavy atom. The molecule has 0 aliphatic carbocycles. The molecule has 0 atom stereocenters. The van der Waals surface area contributed by atoms with Gasteiger partial charge in [0.15, 0.2) is 0 Å². The predicted molar refractivity (Wildman–Crippen MR) is 83.8 cm³/mol. The largest absolute Gasteiger partial charge is 0.444 e. The minimum Gasteiger partial charge on any atom is -0.444 e. The molecular formula is C16H13NO5S. The highest BCUT2D eigenvalue weighted by Gasteiger charge is 2.15. The quantitative estimate of drug-likeness (QED) is 0.746. The van der Waals surface area contributed by atoms with Crippen LogP contribution in [0.25, 0.3) is 10.9 Å². The molecule has 6 nitrogen and oxygen atoms in total. The number of carbonyl (C=O) groups excluding carboxylic acids is 1. The number of carbonyl (C=O) groups is 1. The van der Waals surface area contributed by atoms with Crippen LogP contribution in [0.3, 0.4) is 0 Å². The highest BCUT2D eigenvalue weighted by Crippen LogP contribution is 2.21. The van der Waals surface area contributed by atoms with E-state index in [1.807, 2.05) is 30.3 Å². The van der Waals surface area contributed by atoms with E-state index in [0.717, 1.165) is 5.56 Å². The van der Waals surface area contributed by atoms with E-state index in [4.69, 9.17) is 9.29 Å². The average Bonchev–Trinajstić information content (AvgIpc) is 2.96. The van der Waals surface area contributed by atoms with Crippen molar-refractivity contribution in [2.75, 3.05) is 0 Å². The van der Waals surface area contributed by atoms with Gasteiger partial charge in [0.1, 0.15) is 6.61 Å². The lowest BCUT2D eigenvalue weighted by Crippen LogP contribution is -2.12. The maximum atomic E-state index is 12.2. The number of rotatable bonds is 3. The first-order chi connectivity index (χ1) is 10.9. The van der Waals surface area contributed by atoms with E-state index in [1.54, 1.807) is 6.07 Å². The number of hydrogen-bond donors (Lipinski definition) is 1. The third-order valence-corrected chi connectivity index (χ3v) is 4.21. The van der Waals surface area contributed by atoms with Crippen LogP contribution in [0.2, 0.25) is 0 Å². The van der Waals surface area contributed by atoms with Gasteiger partial charge in [0, 0.05) is 11.6 Å². The summed E-state index contributed by atoms with van der Waals surface area (Å²) in [5.41, 5.74) is 1.19. The van der Waals surface area contributed by atoms with E-state index < -0.39 is 16.2 Å². The normalized spacial score (nSPS) is 11.5. The first-order valence-corrected chi connectivity index (χ1v) is 8.19. The van der Waals surface area contributed by atoms with Crippen LogP contribution >= 0.6 is 0 Å². The summed E-state index contributed by atoms with van der Waals surface area (Å²) >= 11 is 0.